The summed E-state index contributed by atoms with van der Waals surface area (Å²) in [6, 6.07) is 4.30. The van der Waals surface area contributed by atoms with Gasteiger partial charge in [-0.1, -0.05) is 6.07 Å². The molecule has 1 amide bonds. The van der Waals surface area contributed by atoms with Crippen molar-refractivity contribution >= 4 is 17.3 Å². The minimum atomic E-state index is -0.648. The number of nitrogens with one attached hydrogen (secondary N) is 2. The number of carbonyl (C=O) groups excluding carboxylic acids is 1. The Balaban J connectivity index is 2.23. The molecule has 0 radical (unpaired) electrons. The molecular formula is C12H14N6O3. The largest absolute Gasteiger partial charge is 0.345 e. The molecule has 110 valence electrons. The Morgan fingerprint density at radius 2 is 2.29 bits per heavy atom. The molecule has 0 spiro atoms. The molecule has 2 rings (SSSR count). The van der Waals surface area contributed by atoms with Crippen molar-refractivity contribution in [1.29, 1.82) is 0 Å². The number of rotatable bonds is 5. The summed E-state index contributed by atoms with van der Waals surface area (Å²) in [7, 11) is 1.79. The summed E-state index contributed by atoms with van der Waals surface area (Å²) in [5, 5.41) is 13.7. The number of amides is 1. The van der Waals surface area contributed by atoms with Gasteiger partial charge in [0.1, 0.15) is 17.1 Å². The lowest BCUT2D eigenvalue weighted by Gasteiger charge is -2.08. The highest BCUT2D eigenvalue weighted by Crippen LogP contribution is 2.27. The average molecular weight is 290 g/mol. The summed E-state index contributed by atoms with van der Waals surface area (Å²) in [6.45, 7) is 0.166. The highest BCUT2D eigenvalue weighted by Gasteiger charge is 2.24. The molecule has 0 unspecified atom stereocenters. The monoisotopic (exact) mass is 290 g/mol. The quantitative estimate of drug-likeness (QED) is 0.419. The van der Waals surface area contributed by atoms with E-state index in [-0.39, 0.29) is 23.5 Å². The molecule has 1 heterocycles. The van der Waals surface area contributed by atoms with Crippen LogP contribution in [0.2, 0.25) is 0 Å². The second-order valence-corrected chi connectivity index (χ2v) is 4.24. The minimum absolute atomic E-state index is 0.0651. The first kappa shape index (κ1) is 14.5. The smallest absolute Gasteiger partial charge is 0.306 e. The first-order valence-electron chi connectivity index (χ1n) is 6.03. The molecular weight excluding hydrogens is 276 g/mol. The lowest BCUT2D eigenvalue weighted by Crippen LogP contribution is -2.25. The Kier molecular flexibility index (Phi) is 4.14. The van der Waals surface area contributed by atoms with E-state index in [2.05, 4.69) is 15.7 Å². The van der Waals surface area contributed by atoms with Gasteiger partial charge in [-0.2, -0.15) is 0 Å². The van der Waals surface area contributed by atoms with E-state index >= 15 is 0 Å². The Bertz CT molecular complexity index is 681. The molecule has 1 aromatic carbocycles. The maximum absolute atomic E-state index is 12.1. The van der Waals surface area contributed by atoms with Crippen molar-refractivity contribution in [3.05, 3.63) is 52.1 Å². The summed E-state index contributed by atoms with van der Waals surface area (Å²) in [5.74, 6) is 5.30. The zero-order valence-corrected chi connectivity index (χ0v) is 11.2. The van der Waals surface area contributed by atoms with E-state index in [9.17, 15) is 14.9 Å². The molecule has 0 saturated carbocycles. The van der Waals surface area contributed by atoms with Crippen LogP contribution >= 0.6 is 0 Å². The van der Waals surface area contributed by atoms with Gasteiger partial charge in [-0.25, -0.2) is 4.98 Å². The number of hydrogen-bond acceptors (Lipinski definition) is 6. The van der Waals surface area contributed by atoms with Crippen LogP contribution in [0.1, 0.15) is 16.2 Å². The fourth-order valence-corrected chi connectivity index (χ4v) is 1.86. The number of benzene rings is 1. The Morgan fingerprint density at radius 1 is 1.52 bits per heavy atom. The van der Waals surface area contributed by atoms with E-state index in [4.69, 9.17) is 5.84 Å². The van der Waals surface area contributed by atoms with Gasteiger partial charge in [0.05, 0.1) is 11.5 Å². The van der Waals surface area contributed by atoms with Crippen LogP contribution in [-0.2, 0) is 13.6 Å². The zero-order valence-electron chi connectivity index (χ0n) is 11.2. The summed E-state index contributed by atoms with van der Waals surface area (Å²) in [6.07, 6.45) is 3.34. The summed E-state index contributed by atoms with van der Waals surface area (Å²) in [5.41, 5.74) is 1.86. The summed E-state index contributed by atoms with van der Waals surface area (Å²) < 4.78 is 1.74. The number of carbonyl (C=O) groups is 1. The summed E-state index contributed by atoms with van der Waals surface area (Å²) >= 11 is 0. The van der Waals surface area contributed by atoms with Gasteiger partial charge in [0, 0.05) is 19.4 Å². The van der Waals surface area contributed by atoms with Crippen molar-refractivity contribution in [3.63, 3.8) is 0 Å². The molecule has 0 aliphatic carbocycles. The maximum Gasteiger partial charge on any atom is 0.306 e. The van der Waals surface area contributed by atoms with E-state index in [0.717, 1.165) is 0 Å². The van der Waals surface area contributed by atoms with Crippen molar-refractivity contribution in [2.75, 3.05) is 5.43 Å². The third kappa shape index (κ3) is 2.98. The number of nitro groups is 1. The SMILES string of the molecule is Cn1ccnc1CNC(=O)c1cccc(NN)c1[N+](=O)[O-]. The van der Waals surface area contributed by atoms with E-state index in [0.29, 0.717) is 5.82 Å². The molecule has 0 bridgehead atoms. The maximum atomic E-state index is 12.1. The first-order valence-corrected chi connectivity index (χ1v) is 6.03. The van der Waals surface area contributed by atoms with Crippen LogP contribution in [0.4, 0.5) is 11.4 Å². The topological polar surface area (TPSA) is 128 Å². The molecule has 1 aromatic heterocycles. The first-order chi connectivity index (χ1) is 10.0. The third-order valence-corrected chi connectivity index (χ3v) is 2.95. The third-order valence-electron chi connectivity index (χ3n) is 2.95. The van der Waals surface area contributed by atoms with Crippen LogP contribution in [0.3, 0.4) is 0 Å². The molecule has 9 heteroatoms. The van der Waals surface area contributed by atoms with Gasteiger partial charge in [0.15, 0.2) is 0 Å². The van der Waals surface area contributed by atoms with Gasteiger partial charge in [-0.3, -0.25) is 20.8 Å². The van der Waals surface area contributed by atoms with Crippen molar-refractivity contribution < 1.29 is 9.72 Å². The minimum Gasteiger partial charge on any atom is -0.345 e. The second-order valence-electron chi connectivity index (χ2n) is 4.24. The van der Waals surface area contributed by atoms with Gasteiger partial charge >= 0.3 is 5.69 Å². The number of aromatic nitrogens is 2. The molecule has 0 aliphatic rings. The molecule has 0 fully saturated rings. The van der Waals surface area contributed by atoms with Gasteiger partial charge in [0.25, 0.3) is 5.91 Å². The Hall–Kier alpha value is -2.94. The van der Waals surface area contributed by atoms with Crippen LogP contribution in [0.5, 0.6) is 0 Å². The number of para-hydroxylation sites is 1. The number of anilines is 1. The number of nitro benzene ring substituents is 1. The van der Waals surface area contributed by atoms with Crippen molar-refractivity contribution in [2.45, 2.75) is 6.54 Å². The fraction of sp³-hybridized carbons (Fsp3) is 0.167. The standard InChI is InChI=1S/C12H14N6O3/c1-17-6-5-14-10(17)7-15-12(19)8-3-2-4-9(16-13)11(8)18(20)21/h2-6,16H,7,13H2,1H3,(H,15,19). The average Bonchev–Trinajstić information content (AvgIpc) is 2.89. The molecule has 2 aromatic rings. The van der Waals surface area contributed by atoms with Gasteiger partial charge < -0.3 is 15.3 Å². The highest BCUT2D eigenvalue weighted by atomic mass is 16.6. The second kappa shape index (κ2) is 6.01. The lowest BCUT2D eigenvalue weighted by atomic mass is 10.1. The molecule has 9 nitrogen and oxygen atoms in total. The number of nitrogens with two attached hydrogens (primary N) is 1. The van der Waals surface area contributed by atoms with Gasteiger partial charge in [-0.15, -0.1) is 0 Å². The number of imidazole rings is 1. The van der Waals surface area contributed by atoms with Crippen molar-refractivity contribution in [3.8, 4) is 0 Å². The van der Waals surface area contributed by atoms with Crippen LogP contribution in [0.15, 0.2) is 30.6 Å². The van der Waals surface area contributed by atoms with Gasteiger partial charge in [-0.05, 0) is 12.1 Å². The van der Waals surface area contributed by atoms with Crippen LogP contribution in [0, 0.1) is 10.1 Å². The molecule has 0 atom stereocenters. The molecule has 4 N–H and O–H groups in total. The molecule has 0 saturated heterocycles. The number of nitrogens with zero attached hydrogens (tertiary/aromatic N) is 3. The predicted molar refractivity (Wildman–Crippen MR) is 75.3 cm³/mol. The van der Waals surface area contributed by atoms with Crippen LogP contribution in [0.25, 0.3) is 0 Å². The van der Waals surface area contributed by atoms with E-state index < -0.39 is 10.8 Å². The summed E-state index contributed by atoms with van der Waals surface area (Å²) in [4.78, 5) is 26.6. The van der Waals surface area contributed by atoms with Crippen molar-refractivity contribution in [1.82, 2.24) is 14.9 Å². The Labute approximate surface area is 119 Å². The fourth-order valence-electron chi connectivity index (χ4n) is 1.86. The number of hydrazine groups is 1. The van der Waals surface area contributed by atoms with E-state index in [1.54, 1.807) is 24.0 Å². The number of nitrogen functional groups attached to an aromatic ring is 1. The number of hydrogen-bond donors (Lipinski definition) is 3. The van der Waals surface area contributed by atoms with Crippen LogP contribution < -0.4 is 16.6 Å². The zero-order chi connectivity index (χ0) is 15.4. The highest BCUT2D eigenvalue weighted by molar-refractivity contribution is 6.00. The van der Waals surface area contributed by atoms with Gasteiger partial charge in [0.2, 0.25) is 0 Å². The Morgan fingerprint density at radius 3 is 2.86 bits per heavy atom. The lowest BCUT2D eigenvalue weighted by molar-refractivity contribution is -0.384. The van der Waals surface area contributed by atoms with Crippen LogP contribution in [-0.4, -0.2) is 20.4 Å². The van der Waals surface area contributed by atoms with Crippen molar-refractivity contribution in [2.24, 2.45) is 12.9 Å². The van der Waals surface area contributed by atoms with E-state index in [1.165, 1.54) is 18.2 Å². The number of aryl methyl sites for hydroxylation is 1. The molecule has 0 aliphatic heterocycles. The molecule has 21 heavy (non-hydrogen) atoms. The normalized spacial score (nSPS) is 10.2. The van der Waals surface area contributed by atoms with E-state index in [1.807, 2.05) is 0 Å². The predicted octanol–water partition coefficient (Wildman–Crippen LogP) is 0.544.